The first kappa shape index (κ1) is 63.2. The number of ether oxygens (including phenoxy) is 1. The molecule has 1 fully saturated rings. The number of carboxylic acids is 2. The van der Waals surface area contributed by atoms with E-state index in [1.165, 1.54) is 46.0 Å². The molecule has 1 heterocycles. The van der Waals surface area contributed by atoms with Crippen molar-refractivity contribution in [3.05, 3.63) is 102 Å². The fraction of sp³-hybridized carbons (Fsp3) is 0.481. The van der Waals surface area contributed by atoms with Gasteiger partial charge >= 0.3 is 11.9 Å². The van der Waals surface area contributed by atoms with E-state index in [4.69, 9.17) is 16.2 Å². The van der Waals surface area contributed by atoms with Gasteiger partial charge in [0.1, 0.15) is 41.7 Å². The highest BCUT2D eigenvalue weighted by Crippen LogP contribution is 2.19. The first-order valence-electron chi connectivity index (χ1n) is 25.3. The van der Waals surface area contributed by atoms with E-state index < -0.39 is 120 Å². The van der Waals surface area contributed by atoms with Crippen LogP contribution in [0.2, 0.25) is 0 Å². The summed E-state index contributed by atoms with van der Waals surface area (Å²) in [6.07, 6.45) is 5.04. The normalized spacial score (nSPS) is 24.1. The molecule has 13 N–H and O–H groups in total. The summed E-state index contributed by atoms with van der Waals surface area (Å²) >= 11 is 0. The highest BCUT2D eigenvalue weighted by Gasteiger charge is 2.37. The zero-order valence-electron chi connectivity index (χ0n) is 44.7. The monoisotopic (exact) mass is 1070 g/mol. The summed E-state index contributed by atoms with van der Waals surface area (Å²) < 4.78 is 5.82. The Labute approximate surface area is 448 Å². The number of rotatable bonds is 17. The topological polar surface area (TPSA) is 363 Å². The number of nitrogens with zero attached hydrogens (tertiary/aromatic N) is 2. The van der Waals surface area contributed by atoms with Gasteiger partial charge < -0.3 is 68.3 Å². The average Bonchev–Trinajstić information content (AvgIpc) is 3.38. The first-order chi connectivity index (χ1) is 36.3. The van der Waals surface area contributed by atoms with Gasteiger partial charge in [-0.1, -0.05) is 93.6 Å². The first-order valence-corrected chi connectivity index (χ1v) is 25.3. The van der Waals surface area contributed by atoms with Crippen LogP contribution in [0.15, 0.2) is 95.7 Å². The molecule has 0 bridgehead atoms. The number of aliphatic imine (C=N–C) groups is 1. The smallest absolute Gasteiger partial charge is 0.327 e. The lowest BCUT2D eigenvalue weighted by Crippen LogP contribution is -2.59. The molecular weight excluding hydrogens is 997 g/mol. The third-order valence-electron chi connectivity index (χ3n) is 13.1. The van der Waals surface area contributed by atoms with Gasteiger partial charge in [-0.3, -0.25) is 38.6 Å². The van der Waals surface area contributed by atoms with Gasteiger partial charge in [-0.15, -0.1) is 0 Å². The summed E-state index contributed by atoms with van der Waals surface area (Å²) in [7, 11) is 2.81. The number of aromatic hydroxyl groups is 1. The van der Waals surface area contributed by atoms with E-state index in [9.17, 15) is 58.5 Å². The molecule has 23 heteroatoms. The molecule has 0 spiro atoms. The van der Waals surface area contributed by atoms with Crippen LogP contribution in [0.5, 0.6) is 5.75 Å². The van der Waals surface area contributed by atoms with Crippen LogP contribution in [0.3, 0.4) is 0 Å². The molecule has 2 aromatic carbocycles. The molecule has 1 aliphatic rings. The second-order valence-electron chi connectivity index (χ2n) is 19.2. The third kappa shape index (κ3) is 20.9. The van der Waals surface area contributed by atoms with Gasteiger partial charge in [0, 0.05) is 33.0 Å². The highest BCUT2D eigenvalue weighted by molar-refractivity contribution is 6.00. The second kappa shape index (κ2) is 31.1. The van der Waals surface area contributed by atoms with Crippen molar-refractivity contribution in [2.75, 3.05) is 20.7 Å². The Morgan fingerprint density at radius 2 is 1.39 bits per heavy atom. The standard InChI is InChI=1S/C54H76N10O13/c1-30(28-31(2)43(77-8)29-37-14-10-9-11-15-37)19-24-39-32(3)46(67)62-42(52(73)74)25-26-44(66)64(7)35(6)49(70)58-34(5)48(69)61-40(17-12-16-36-20-22-38(65)23-21-36)51(72)63-45(53(75)76)33(4)47(68)60-41(50(71)59-39)18-13-27-57-54(55)56/h9-11,14-15,19-24,28,31-34,39-43,45,65H,6,12-13,16-18,25-27,29H2,1-5,7-8H3,(H,58,70)(H,59,71)(H,60,68)(H,61,69)(H,62,67)(H,63,72)(H,73,74)(H,75,76)(H4,55,56,57). The molecule has 420 valence electrons. The predicted octanol–water partition coefficient (Wildman–Crippen LogP) is 1.30. The predicted molar refractivity (Wildman–Crippen MR) is 286 cm³/mol. The number of nitrogens with two attached hydrogens (primary N) is 2. The molecule has 10 atom stereocenters. The van der Waals surface area contributed by atoms with Gasteiger partial charge in [-0.05, 0) is 82.1 Å². The number of amides is 7. The average molecular weight is 1070 g/mol. The molecule has 7 amide bonds. The lowest BCUT2D eigenvalue weighted by atomic mass is 9.94. The number of hydrogen-bond donors (Lipinski definition) is 11. The zero-order valence-corrected chi connectivity index (χ0v) is 44.7. The van der Waals surface area contributed by atoms with Crippen LogP contribution in [0.1, 0.15) is 84.3 Å². The number of aliphatic carboxylic acids is 2. The minimum Gasteiger partial charge on any atom is -0.508 e. The van der Waals surface area contributed by atoms with Gasteiger partial charge in [0.15, 0.2) is 5.96 Å². The van der Waals surface area contributed by atoms with Crippen molar-refractivity contribution < 1.29 is 63.2 Å². The maximum absolute atomic E-state index is 14.5. The molecule has 3 rings (SSSR count). The van der Waals surface area contributed by atoms with Crippen molar-refractivity contribution in [2.24, 2.45) is 34.2 Å². The minimum absolute atomic E-state index is 0.00747. The van der Waals surface area contributed by atoms with Crippen LogP contribution in [-0.2, 0) is 60.7 Å². The van der Waals surface area contributed by atoms with Crippen molar-refractivity contribution in [1.29, 1.82) is 0 Å². The van der Waals surface area contributed by atoms with Crippen LogP contribution < -0.4 is 43.4 Å². The molecule has 0 saturated carbocycles. The maximum atomic E-state index is 14.5. The van der Waals surface area contributed by atoms with Crippen molar-refractivity contribution in [1.82, 2.24) is 36.8 Å². The third-order valence-corrected chi connectivity index (χ3v) is 13.1. The van der Waals surface area contributed by atoms with E-state index in [1.807, 2.05) is 43.3 Å². The Morgan fingerprint density at radius 1 is 0.792 bits per heavy atom. The van der Waals surface area contributed by atoms with Crippen LogP contribution in [0, 0.1) is 17.8 Å². The maximum Gasteiger partial charge on any atom is 0.327 e. The van der Waals surface area contributed by atoms with E-state index >= 15 is 0 Å². The fourth-order valence-corrected chi connectivity index (χ4v) is 8.20. The SMILES string of the molecule is C=C1C(=O)NC(C)C(=O)NC(CCCc2ccc(O)cc2)C(=O)NC(C(=O)O)C(C)C(=O)NC(CCCN=C(N)N)C(=O)NC(C=CC(C)=CC(C)C(Cc2ccccc2)OC)C(C)C(=O)NC(C(=O)O)CCC(=O)N1C. The van der Waals surface area contributed by atoms with Crippen LogP contribution in [0.25, 0.3) is 0 Å². The van der Waals surface area contributed by atoms with Crippen LogP contribution in [0.4, 0.5) is 0 Å². The summed E-state index contributed by atoms with van der Waals surface area (Å²) in [4.78, 5) is 127. The number of carboxylic acid groups (broad SMARTS) is 2. The summed E-state index contributed by atoms with van der Waals surface area (Å²) in [6, 6.07) is 6.98. The highest BCUT2D eigenvalue weighted by atomic mass is 16.5. The van der Waals surface area contributed by atoms with Crippen molar-refractivity contribution >= 4 is 59.2 Å². The van der Waals surface area contributed by atoms with E-state index in [1.54, 1.807) is 32.2 Å². The van der Waals surface area contributed by atoms with Gasteiger partial charge in [-0.2, -0.15) is 0 Å². The van der Waals surface area contributed by atoms with E-state index in [0.717, 1.165) is 16.0 Å². The Hall–Kier alpha value is -8.08. The molecular formula is C54H76N10O13. The molecule has 0 radical (unpaired) electrons. The lowest BCUT2D eigenvalue weighted by Gasteiger charge is -2.28. The number of nitrogens with one attached hydrogen (secondary N) is 6. The number of benzene rings is 2. The summed E-state index contributed by atoms with van der Waals surface area (Å²) in [5.74, 6) is -12.6. The van der Waals surface area contributed by atoms with Gasteiger partial charge in [-0.25, -0.2) is 9.59 Å². The number of phenolic OH excluding ortho intramolecular Hbond substituents is 1. The Bertz CT molecular complexity index is 2500. The number of aryl methyl sites for hydroxylation is 1. The fourth-order valence-electron chi connectivity index (χ4n) is 8.20. The van der Waals surface area contributed by atoms with Gasteiger partial charge in [0.05, 0.1) is 24.0 Å². The molecule has 0 aromatic heterocycles. The Morgan fingerprint density at radius 3 is 1.99 bits per heavy atom. The molecule has 10 unspecified atom stereocenters. The van der Waals surface area contributed by atoms with E-state index in [2.05, 4.69) is 43.5 Å². The Kier molecular flexibility index (Phi) is 25.5. The second-order valence-corrected chi connectivity index (χ2v) is 19.2. The van der Waals surface area contributed by atoms with Gasteiger partial charge in [0.25, 0.3) is 5.91 Å². The van der Waals surface area contributed by atoms with E-state index in [0.29, 0.717) is 18.4 Å². The molecule has 77 heavy (non-hydrogen) atoms. The summed E-state index contributed by atoms with van der Waals surface area (Å²) in [5, 5.41) is 45.5. The number of carbonyl (C=O) groups excluding carboxylic acids is 7. The van der Waals surface area contributed by atoms with Gasteiger partial charge in [0.2, 0.25) is 35.4 Å². The van der Waals surface area contributed by atoms with Crippen LogP contribution in [-0.4, -0.2) is 143 Å². The molecule has 1 saturated heterocycles. The molecule has 2 aromatic rings. The molecule has 0 aliphatic carbocycles. The quantitative estimate of drug-likeness (QED) is 0.0350. The molecule has 23 nitrogen and oxygen atoms in total. The van der Waals surface area contributed by atoms with Crippen LogP contribution >= 0.6 is 0 Å². The zero-order chi connectivity index (χ0) is 57.5. The summed E-state index contributed by atoms with van der Waals surface area (Å²) in [6.45, 7) is 11.3. The van der Waals surface area contributed by atoms with E-state index in [-0.39, 0.29) is 56.0 Å². The minimum atomic E-state index is -1.93. The number of allylic oxidation sites excluding steroid dienone is 2. The lowest BCUT2D eigenvalue weighted by molar-refractivity contribution is -0.146. The summed E-state index contributed by atoms with van der Waals surface area (Å²) in [5.41, 5.74) is 13.2. The van der Waals surface area contributed by atoms with Crippen molar-refractivity contribution in [2.45, 2.75) is 128 Å². The largest absolute Gasteiger partial charge is 0.508 e. The van der Waals surface area contributed by atoms with Crippen molar-refractivity contribution in [3.8, 4) is 5.75 Å². The van der Waals surface area contributed by atoms with Crippen molar-refractivity contribution in [3.63, 3.8) is 0 Å². The number of methoxy groups -OCH3 is 1. The molecule has 1 aliphatic heterocycles. The number of phenols is 1. The number of hydrogen-bond acceptors (Lipinski definition) is 12. The number of guanidine groups is 1. The Balaban J connectivity index is 2.12. The number of carbonyl (C=O) groups is 9. The number of likely N-dealkylation sites (N-methyl/N-ethyl adjacent to an activating group) is 1.